The molecule has 0 fully saturated rings. The van der Waals surface area contributed by atoms with Gasteiger partial charge in [-0.3, -0.25) is 14.6 Å². The van der Waals surface area contributed by atoms with Gasteiger partial charge in [0.2, 0.25) is 5.78 Å². The largest absolute Gasteiger partial charge is 0.287 e. The predicted molar refractivity (Wildman–Crippen MR) is 86.5 cm³/mol. The Hall–Kier alpha value is -3.34. The maximum absolute atomic E-state index is 12.5. The van der Waals surface area contributed by atoms with E-state index in [-0.39, 0.29) is 11.5 Å². The molecule has 4 rings (SSSR count). The molecule has 0 unspecified atom stereocenters. The minimum Gasteiger partial charge on any atom is -0.287 e. The van der Waals surface area contributed by atoms with Gasteiger partial charge in [-0.15, -0.1) is 0 Å². The van der Waals surface area contributed by atoms with E-state index in [0.29, 0.717) is 11.1 Å². The van der Waals surface area contributed by atoms with Gasteiger partial charge in [0.1, 0.15) is 5.71 Å². The van der Waals surface area contributed by atoms with Crippen molar-refractivity contribution in [2.24, 2.45) is 5.10 Å². The van der Waals surface area contributed by atoms with Crippen LogP contribution in [0, 0.1) is 0 Å². The lowest BCUT2D eigenvalue weighted by molar-refractivity contribution is 0.0954. The first-order chi connectivity index (χ1) is 11.3. The third kappa shape index (κ3) is 2.10. The number of carbonyl (C=O) groups excluding carboxylic acids is 2. The summed E-state index contributed by atoms with van der Waals surface area (Å²) in [5.74, 6) is -0.579. The molecular weight excluding hydrogens is 290 g/mol. The highest BCUT2D eigenvalue weighted by Crippen LogP contribution is 2.30. The topological polar surface area (TPSA) is 71.4 Å². The van der Waals surface area contributed by atoms with Crippen molar-refractivity contribution in [2.75, 3.05) is 0 Å². The highest BCUT2D eigenvalue weighted by atomic mass is 16.2. The summed E-state index contributed by atoms with van der Waals surface area (Å²) in [6.45, 7) is 0. The Balaban J connectivity index is 1.73. The normalized spacial score (nSPS) is 14.4. The van der Waals surface area contributed by atoms with Crippen LogP contribution in [-0.4, -0.2) is 22.4 Å². The average Bonchev–Trinajstić information content (AvgIpc) is 2.88. The van der Waals surface area contributed by atoms with E-state index >= 15 is 0 Å². The van der Waals surface area contributed by atoms with Gasteiger partial charge < -0.3 is 0 Å². The monoisotopic (exact) mass is 301 g/mol. The van der Waals surface area contributed by atoms with E-state index in [1.807, 2.05) is 30.3 Å². The highest BCUT2D eigenvalue weighted by molar-refractivity contribution is 6.59. The van der Waals surface area contributed by atoms with Crippen molar-refractivity contribution in [3.05, 3.63) is 77.6 Å². The zero-order valence-corrected chi connectivity index (χ0v) is 12.0. The Bertz CT molecular complexity index is 973. The Kier molecular flexibility index (Phi) is 2.98. The molecule has 1 aromatic heterocycles. The van der Waals surface area contributed by atoms with Crippen LogP contribution < -0.4 is 5.43 Å². The lowest BCUT2D eigenvalue weighted by atomic mass is 10.1. The number of pyridine rings is 1. The highest BCUT2D eigenvalue weighted by Gasteiger charge is 2.28. The molecule has 5 heteroatoms. The number of Topliss-reactive ketones (excluding diaryl/α,β-unsaturated/α-hetero) is 1. The summed E-state index contributed by atoms with van der Waals surface area (Å²) < 4.78 is 0. The van der Waals surface area contributed by atoms with Crippen LogP contribution in [0.5, 0.6) is 0 Å². The van der Waals surface area contributed by atoms with E-state index in [0.717, 1.165) is 16.3 Å². The number of hydrogen-bond donors (Lipinski definition) is 1. The van der Waals surface area contributed by atoms with Crippen LogP contribution in [-0.2, 0) is 0 Å². The Morgan fingerprint density at radius 1 is 1.00 bits per heavy atom. The van der Waals surface area contributed by atoms with Crippen LogP contribution in [0.4, 0.5) is 0 Å². The van der Waals surface area contributed by atoms with Crippen LogP contribution in [0.2, 0.25) is 0 Å². The summed E-state index contributed by atoms with van der Waals surface area (Å²) in [5, 5.41) is 5.93. The smallest absolute Gasteiger partial charge is 0.272 e. The molecular formula is C18H11N3O2. The van der Waals surface area contributed by atoms with E-state index in [9.17, 15) is 9.59 Å². The minimum absolute atomic E-state index is 0.178. The molecule has 0 saturated heterocycles. The van der Waals surface area contributed by atoms with Crippen molar-refractivity contribution in [2.45, 2.75) is 0 Å². The molecule has 1 N–H and O–H groups in total. The molecule has 0 atom stereocenters. The third-order valence-corrected chi connectivity index (χ3v) is 3.81. The molecule has 1 aliphatic carbocycles. The number of hydrazone groups is 1. The molecule has 1 amide bonds. The first-order valence-corrected chi connectivity index (χ1v) is 7.10. The zero-order valence-electron chi connectivity index (χ0n) is 12.0. The number of aromatic nitrogens is 1. The summed E-state index contributed by atoms with van der Waals surface area (Å²) >= 11 is 0. The molecule has 0 radical (unpaired) electrons. The fourth-order valence-electron chi connectivity index (χ4n) is 2.76. The molecule has 3 aromatic rings. The van der Waals surface area contributed by atoms with Crippen molar-refractivity contribution in [3.8, 4) is 0 Å². The van der Waals surface area contributed by atoms with Gasteiger partial charge in [-0.2, -0.15) is 5.10 Å². The maximum Gasteiger partial charge on any atom is 0.272 e. The van der Waals surface area contributed by atoms with Crippen LogP contribution >= 0.6 is 0 Å². The number of benzene rings is 2. The van der Waals surface area contributed by atoms with Gasteiger partial charge in [-0.05, 0) is 17.5 Å². The van der Waals surface area contributed by atoms with Crippen LogP contribution in [0.1, 0.15) is 26.3 Å². The van der Waals surface area contributed by atoms with Crippen molar-refractivity contribution in [1.29, 1.82) is 0 Å². The summed E-state index contributed by atoms with van der Waals surface area (Å²) in [7, 11) is 0. The Morgan fingerprint density at radius 3 is 2.52 bits per heavy atom. The predicted octanol–water partition coefficient (Wildman–Crippen LogP) is 2.57. The fraction of sp³-hybridized carbons (Fsp3) is 0. The van der Waals surface area contributed by atoms with Gasteiger partial charge in [-0.25, -0.2) is 5.43 Å². The second kappa shape index (κ2) is 5.14. The zero-order chi connectivity index (χ0) is 15.8. The maximum atomic E-state index is 12.5. The molecule has 0 aliphatic heterocycles. The van der Waals surface area contributed by atoms with Crippen LogP contribution in [0.25, 0.3) is 10.8 Å². The van der Waals surface area contributed by atoms with E-state index in [2.05, 4.69) is 15.5 Å². The lowest BCUT2D eigenvalue weighted by Crippen LogP contribution is -2.22. The Labute approximate surface area is 131 Å². The van der Waals surface area contributed by atoms with Crippen LogP contribution in [0.3, 0.4) is 0 Å². The molecule has 0 saturated carbocycles. The lowest BCUT2D eigenvalue weighted by Gasteiger charge is -2.01. The molecule has 1 aliphatic rings. The molecule has 110 valence electrons. The first-order valence-electron chi connectivity index (χ1n) is 7.10. The van der Waals surface area contributed by atoms with Gasteiger partial charge in [-0.1, -0.05) is 36.4 Å². The van der Waals surface area contributed by atoms with E-state index in [1.54, 1.807) is 24.4 Å². The number of nitrogens with one attached hydrogen (secondary N) is 1. The molecule has 5 nitrogen and oxygen atoms in total. The van der Waals surface area contributed by atoms with Crippen molar-refractivity contribution in [1.82, 2.24) is 10.4 Å². The van der Waals surface area contributed by atoms with Crippen molar-refractivity contribution in [3.63, 3.8) is 0 Å². The number of carbonyl (C=O) groups is 2. The van der Waals surface area contributed by atoms with Gasteiger partial charge >= 0.3 is 0 Å². The first kappa shape index (κ1) is 13.3. The fourth-order valence-corrected chi connectivity index (χ4v) is 2.76. The number of rotatable bonds is 2. The van der Waals surface area contributed by atoms with Gasteiger partial charge in [0.25, 0.3) is 5.91 Å². The minimum atomic E-state index is -0.401. The molecule has 2 aromatic carbocycles. The molecule has 0 spiro atoms. The average molecular weight is 301 g/mol. The Morgan fingerprint density at radius 2 is 1.78 bits per heavy atom. The van der Waals surface area contributed by atoms with Gasteiger partial charge in [0.05, 0.1) is 5.56 Å². The van der Waals surface area contributed by atoms with E-state index in [1.165, 1.54) is 6.20 Å². The standard InChI is InChI=1S/C18H11N3O2/c22-17-14-8-2-5-11-4-1-7-13(15(11)14)16(17)20-21-18(23)12-6-3-9-19-10-12/h1-10H,(H,21,23)/b20-16+. The van der Waals surface area contributed by atoms with Crippen LogP contribution in [0.15, 0.2) is 66.0 Å². The van der Waals surface area contributed by atoms with Crippen molar-refractivity contribution >= 4 is 28.2 Å². The summed E-state index contributed by atoms with van der Waals surface area (Å²) in [5.41, 5.74) is 4.45. The van der Waals surface area contributed by atoms with Gasteiger partial charge in [0.15, 0.2) is 0 Å². The summed E-state index contributed by atoms with van der Waals surface area (Å²) in [4.78, 5) is 28.5. The number of ketones is 1. The molecule has 1 heterocycles. The number of amides is 1. The van der Waals surface area contributed by atoms with Gasteiger partial charge in [0, 0.05) is 28.9 Å². The summed E-state index contributed by atoms with van der Waals surface area (Å²) in [6, 6.07) is 14.5. The SMILES string of the molecule is O=C(N/N=C1/C(=O)c2cccc3cccc1c23)c1cccnc1. The summed E-state index contributed by atoms with van der Waals surface area (Å²) in [6.07, 6.45) is 3.03. The van der Waals surface area contributed by atoms with E-state index < -0.39 is 5.91 Å². The second-order valence-electron chi connectivity index (χ2n) is 5.18. The quantitative estimate of drug-likeness (QED) is 0.739. The van der Waals surface area contributed by atoms with E-state index in [4.69, 9.17) is 0 Å². The third-order valence-electron chi connectivity index (χ3n) is 3.81. The number of hydrogen-bond acceptors (Lipinski definition) is 4. The second-order valence-corrected chi connectivity index (χ2v) is 5.18. The number of nitrogens with zero attached hydrogens (tertiary/aromatic N) is 2. The molecule has 0 bridgehead atoms. The molecule has 23 heavy (non-hydrogen) atoms. The van der Waals surface area contributed by atoms with Crippen molar-refractivity contribution < 1.29 is 9.59 Å².